The molecule has 0 atom stereocenters. The van der Waals surface area contributed by atoms with Crippen molar-refractivity contribution in [3.63, 3.8) is 0 Å². The third-order valence-electron chi connectivity index (χ3n) is 1.75. The summed E-state index contributed by atoms with van der Waals surface area (Å²) in [6, 6.07) is 2.94. The number of methoxy groups -OCH3 is 1. The summed E-state index contributed by atoms with van der Waals surface area (Å²) < 4.78 is 10.3. The minimum absolute atomic E-state index is 0.280. The Morgan fingerprint density at radius 3 is 2.60 bits per heavy atom. The standard InChI is InChI=1S/C10H10Cl2O3/c1-3-15-9-7(11)4-6(10(12)13)5-8(9)14-2/h4-5H,3H2,1-2H3. The molecule has 0 unspecified atom stereocenters. The fraction of sp³-hybridized carbons (Fsp3) is 0.300. The van der Waals surface area contributed by atoms with Crippen LogP contribution in [0.5, 0.6) is 11.5 Å². The van der Waals surface area contributed by atoms with E-state index in [1.54, 1.807) is 0 Å². The molecule has 0 amide bonds. The van der Waals surface area contributed by atoms with Crippen LogP contribution in [0.15, 0.2) is 12.1 Å². The highest BCUT2D eigenvalue weighted by atomic mass is 35.5. The molecule has 0 aromatic heterocycles. The maximum atomic E-state index is 10.9. The van der Waals surface area contributed by atoms with Crippen LogP contribution in [0.4, 0.5) is 0 Å². The van der Waals surface area contributed by atoms with Gasteiger partial charge in [-0.05, 0) is 30.7 Å². The molecule has 0 N–H and O–H groups in total. The summed E-state index contributed by atoms with van der Waals surface area (Å²) in [6.45, 7) is 2.29. The average molecular weight is 249 g/mol. The maximum absolute atomic E-state index is 10.9. The minimum atomic E-state index is -0.585. The van der Waals surface area contributed by atoms with Crippen LogP contribution in [0, 0.1) is 0 Å². The summed E-state index contributed by atoms with van der Waals surface area (Å²) in [5.74, 6) is 0.816. The second-order valence-corrected chi connectivity index (χ2v) is 3.45. The summed E-state index contributed by atoms with van der Waals surface area (Å²) >= 11 is 11.3. The van der Waals surface area contributed by atoms with Gasteiger partial charge in [-0.25, -0.2) is 0 Å². The first kappa shape index (κ1) is 12.1. The molecule has 5 heteroatoms. The Hall–Kier alpha value is -0.930. The molecular weight excluding hydrogens is 239 g/mol. The zero-order valence-corrected chi connectivity index (χ0v) is 9.85. The second-order valence-electron chi connectivity index (χ2n) is 2.70. The van der Waals surface area contributed by atoms with Crippen LogP contribution in [0.2, 0.25) is 5.02 Å². The molecule has 0 saturated heterocycles. The van der Waals surface area contributed by atoms with Gasteiger partial charge < -0.3 is 9.47 Å². The van der Waals surface area contributed by atoms with Gasteiger partial charge in [0.05, 0.1) is 18.7 Å². The van der Waals surface area contributed by atoms with Crippen molar-refractivity contribution < 1.29 is 14.3 Å². The van der Waals surface area contributed by atoms with Gasteiger partial charge in [0.15, 0.2) is 11.5 Å². The van der Waals surface area contributed by atoms with Crippen molar-refractivity contribution in [2.24, 2.45) is 0 Å². The first-order valence-electron chi connectivity index (χ1n) is 4.30. The van der Waals surface area contributed by atoms with E-state index in [0.717, 1.165) is 0 Å². The van der Waals surface area contributed by atoms with Crippen molar-refractivity contribution in [3.05, 3.63) is 22.7 Å². The molecule has 0 aliphatic heterocycles. The highest BCUT2D eigenvalue weighted by molar-refractivity contribution is 6.67. The quantitative estimate of drug-likeness (QED) is 0.769. The van der Waals surface area contributed by atoms with Gasteiger partial charge in [-0.2, -0.15) is 0 Å². The van der Waals surface area contributed by atoms with E-state index in [9.17, 15) is 4.79 Å². The van der Waals surface area contributed by atoms with Crippen LogP contribution < -0.4 is 9.47 Å². The van der Waals surface area contributed by atoms with E-state index in [1.165, 1.54) is 19.2 Å². The summed E-state index contributed by atoms with van der Waals surface area (Å²) in [6.07, 6.45) is 0. The second kappa shape index (κ2) is 5.24. The van der Waals surface area contributed by atoms with Crippen molar-refractivity contribution in [2.75, 3.05) is 13.7 Å². The number of carbonyl (C=O) groups is 1. The van der Waals surface area contributed by atoms with Gasteiger partial charge in [0.25, 0.3) is 5.24 Å². The van der Waals surface area contributed by atoms with E-state index in [4.69, 9.17) is 32.7 Å². The zero-order valence-electron chi connectivity index (χ0n) is 8.34. The molecule has 3 nitrogen and oxygen atoms in total. The van der Waals surface area contributed by atoms with Gasteiger partial charge in [0, 0.05) is 5.56 Å². The highest BCUT2D eigenvalue weighted by Crippen LogP contribution is 2.36. The molecule has 1 aromatic rings. The van der Waals surface area contributed by atoms with Crippen LogP contribution in [0.3, 0.4) is 0 Å². The van der Waals surface area contributed by atoms with Crippen molar-refractivity contribution in [3.8, 4) is 11.5 Å². The van der Waals surface area contributed by atoms with E-state index in [1.807, 2.05) is 6.92 Å². The van der Waals surface area contributed by atoms with Crippen molar-refractivity contribution in [1.29, 1.82) is 0 Å². The van der Waals surface area contributed by atoms with E-state index in [-0.39, 0.29) is 5.56 Å². The molecule has 0 aliphatic carbocycles. The molecule has 0 spiro atoms. The molecular formula is C10H10Cl2O3. The Labute approximate surface area is 97.9 Å². The number of halogens is 2. The summed E-state index contributed by atoms with van der Waals surface area (Å²) in [5, 5.41) is -0.279. The molecule has 0 bridgehead atoms. The van der Waals surface area contributed by atoms with Crippen LogP contribution in [-0.2, 0) is 0 Å². The van der Waals surface area contributed by atoms with Crippen molar-refractivity contribution in [1.82, 2.24) is 0 Å². The van der Waals surface area contributed by atoms with Crippen molar-refractivity contribution in [2.45, 2.75) is 6.92 Å². The van der Waals surface area contributed by atoms with Crippen LogP contribution >= 0.6 is 23.2 Å². The normalized spacial score (nSPS) is 9.87. The lowest BCUT2D eigenvalue weighted by molar-refractivity contribution is 0.108. The van der Waals surface area contributed by atoms with Crippen LogP contribution in [-0.4, -0.2) is 19.0 Å². The summed E-state index contributed by atoms with van der Waals surface area (Å²) in [4.78, 5) is 10.9. The van der Waals surface area contributed by atoms with Gasteiger partial charge in [-0.15, -0.1) is 0 Å². The first-order valence-corrected chi connectivity index (χ1v) is 5.05. The van der Waals surface area contributed by atoms with Crippen LogP contribution in [0.1, 0.15) is 17.3 Å². The number of benzene rings is 1. The lowest BCUT2D eigenvalue weighted by atomic mass is 10.2. The molecule has 0 saturated carbocycles. The SMILES string of the molecule is CCOc1c(Cl)cc(C(=O)Cl)cc1OC. The number of hydrogen-bond donors (Lipinski definition) is 0. The molecule has 0 radical (unpaired) electrons. The van der Waals surface area contributed by atoms with E-state index in [0.29, 0.717) is 23.1 Å². The molecule has 1 aromatic carbocycles. The Morgan fingerprint density at radius 1 is 1.47 bits per heavy atom. The van der Waals surface area contributed by atoms with E-state index >= 15 is 0 Å². The number of carbonyl (C=O) groups excluding carboxylic acids is 1. The number of hydrogen-bond acceptors (Lipinski definition) is 3. The molecule has 0 heterocycles. The van der Waals surface area contributed by atoms with Gasteiger partial charge in [-0.1, -0.05) is 11.6 Å². The Bertz CT molecular complexity index is 377. The number of ether oxygens (including phenoxy) is 2. The topological polar surface area (TPSA) is 35.5 Å². The number of rotatable bonds is 4. The smallest absolute Gasteiger partial charge is 0.252 e. The van der Waals surface area contributed by atoms with Crippen molar-refractivity contribution >= 4 is 28.4 Å². The van der Waals surface area contributed by atoms with Gasteiger partial charge >= 0.3 is 0 Å². The lowest BCUT2D eigenvalue weighted by Gasteiger charge is -2.11. The van der Waals surface area contributed by atoms with Gasteiger partial charge in [-0.3, -0.25) is 4.79 Å². The summed E-state index contributed by atoms with van der Waals surface area (Å²) in [7, 11) is 1.47. The fourth-order valence-electron chi connectivity index (χ4n) is 1.12. The van der Waals surface area contributed by atoms with E-state index < -0.39 is 5.24 Å². The predicted molar refractivity (Wildman–Crippen MR) is 59.4 cm³/mol. The molecule has 15 heavy (non-hydrogen) atoms. The Morgan fingerprint density at radius 2 is 2.13 bits per heavy atom. The first-order chi connectivity index (χ1) is 7.10. The monoisotopic (exact) mass is 248 g/mol. The zero-order chi connectivity index (χ0) is 11.4. The largest absolute Gasteiger partial charge is 0.493 e. The lowest BCUT2D eigenvalue weighted by Crippen LogP contribution is -1.98. The third kappa shape index (κ3) is 2.76. The predicted octanol–water partition coefficient (Wildman–Crippen LogP) is 3.13. The fourth-order valence-corrected chi connectivity index (χ4v) is 1.49. The molecule has 0 aliphatic rings. The highest BCUT2D eigenvalue weighted by Gasteiger charge is 2.14. The maximum Gasteiger partial charge on any atom is 0.252 e. The molecule has 1 rings (SSSR count). The Balaban J connectivity index is 3.24. The van der Waals surface area contributed by atoms with Gasteiger partial charge in [0.1, 0.15) is 0 Å². The third-order valence-corrected chi connectivity index (χ3v) is 2.24. The van der Waals surface area contributed by atoms with Crippen LogP contribution in [0.25, 0.3) is 0 Å². The Kier molecular flexibility index (Phi) is 4.24. The molecule has 0 fully saturated rings. The van der Waals surface area contributed by atoms with Gasteiger partial charge in [0.2, 0.25) is 0 Å². The summed E-state index contributed by atoms with van der Waals surface area (Å²) in [5.41, 5.74) is 0.280. The minimum Gasteiger partial charge on any atom is -0.493 e. The van der Waals surface area contributed by atoms with E-state index in [2.05, 4.69) is 0 Å². The molecule has 82 valence electrons. The average Bonchev–Trinajstić information content (AvgIpc) is 2.20.